The van der Waals surface area contributed by atoms with Gasteiger partial charge < -0.3 is 14.6 Å². The first-order chi connectivity index (χ1) is 27.5. The van der Waals surface area contributed by atoms with Gasteiger partial charge in [-0.1, -0.05) is 64.7 Å². The van der Waals surface area contributed by atoms with E-state index in [1.807, 2.05) is 6.08 Å². The number of fused-ring (bicyclic) bond motifs is 4. The number of nitrogens with zero attached hydrogens (tertiary/aromatic N) is 3. The van der Waals surface area contributed by atoms with Crippen molar-refractivity contribution in [1.82, 2.24) is 9.99 Å². The monoisotopic (exact) mass is 854 g/mol. The van der Waals surface area contributed by atoms with E-state index in [2.05, 4.69) is 10.4 Å². The number of pyridine rings is 1. The molecule has 1 saturated carbocycles. The number of hydrazine groups is 1. The lowest BCUT2D eigenvalue weighted by molar-refractivity contribution is -0.139. The maximum absolute atomic E-state index is 15.5. The molecule has 11 nitrogen and oxygen atoms in total. The van der Waals surface area contributed by atoms with E-state index in [0.717, 1.165) is 10.5 Å². The number of carbonyl (C=O) groups is 4. The summed E-state index contributed by atoms with van der Waals surface area (Å²) in [7, 11) is 2.66. The van der Waals surface area contributed by atoms with Crippen LogP contribution in [0.5, 0.6) is 17.2 Å². The molecule has 4 aromatic rings. The molecule has 0 spiro atoms. The van der Waals surface area contributed by atoms with Gasteiger partial charge in [-0.3, -0.25) is 24.6 Å². The molecule has 17 heteroatoms. The average Bonchev–Trinajstić information content (AvgIpc) is 3.57. The number of phenolic OH excluding ortho intramolecular Hbond substituents is 1. The highest BCUT2D eigenvalue weighted by molar-refractivity contribution is 6.33. The molecule has 3 aromatic carbocycles. The number of nitrogens with one attached hydrogen (secondary N) is 1. The van der Waals surface area contributed by atoms with Crippen LogP contribution >= 0.6 is 34.8 Å². The van der Waals surface area contributed by atoms with Gasteiger partial charge in [0.25, 0.3) is 11.8 Å². The number of amides is 4. The number of allylic oxidation sites excluding steroid dienone is 2. The summed E-state index contributed by atoms with van der Waals surface area (Å²) in [5, 5.41) is 11.9. The minimum atomic E-state index is -4.77. The Morgan fingerprint density at radius 3 is 2.16 bits per heavy atom. The molecule has 2 aliphatic heterocycles. The third-order valence-corrected chi connectivity index (χ3v) is 12.8. The number of phenols is 1. The van der Waals surface area contributed by atoms with Crippen LogP contribution in [0.3, 0.4) is 0 Å². The van der Waals surface area contributed by atoms with Crippen molar-refractivity contribution in [2.75, 3.05) is 24.5 Å². The molecule has 2 saturated heterocycles. The fourth-order valence-corrected chi connectivity index (χ4v) is 9.72. The molecule has 8 rings (SSSR count). The molecule has 6 atom stereocenters. The van der Waals surface area contributed by atoms with Crippen LogP contribution in [0, 0.1) is 30.6 Å². The Hall–Kier alpha value is -5.31. The van der Waals surface area contributed by atoms with Gasteiger partial charge in [0.2, 0.25) is 17.6 Å². The molecule has 0 radical (unpaired) electrons. The van der Waals surface area contributed by atoms with E-state index in [1.165, 1.54) is 26.4 Å². The molecule has 300 valence electrons. The van der Waals surface area contributed by atoms with Crippen molar-refractivity contribution in [3.05, 3.63) is 116 Å². The molecular formula is C41H32Cl3F3N4O7. The van der Waals surface area contributed by atoms with Gasteiger partial charge in [-0.2, -0.15) is 18.2 Å². The number of aryl methyl sites for hydroxylation is 1. The van der Waals surface area contributed by atoms with Crippen LogP contribution in [0.1, 0.15) is 41.0 Å². The molecule has 2 aliphatic carbocycles. The highest BCUT2D eigenvalue weighted by atomic mass is 35.5. The molecular weight excluding hydrogens is 824 g/mol. The van der Waals surface area contributed by atoms with E-state index in [0.29, 0.717) is 49.7 Å². The molecule has 3 heterocycles. The number of rotatable bonds is 7. The van der Waals surface area contributed by atoms with Gasteiger partial charge in [-0.05, 0) is 84.8 Å². The zero-order chi connectivity index (χ0) is 41.6. The lowest BCUT2D eigenvalue weighted by atomic mass is 9.49. The maximum atomic E-state index is 15.5. The zero-order valence-electron chi connectivity index (χ0n) is 30.7. The van der Waals surface area contributed by atoms with Crippen molar-refractivity contribution >= 4 is 69.9 Å². The van der Waals surface area contributed by atoms with Gasteiger partial charge in [0, 0.05) is 22.2 Å². The topological polar surface area (TPSA) is 138 Å². The van der Waals surface area contributed by atoms with Gasteiger partial charge in [0.05, 0.1) is 53.7 Å². The lowest BCUT2D eigenvalue weighted by Gasteiger charge is -2.50. The van der Waals surface area contributed by atoms with Crippen LogP contribution < -0.4 is 19.8 Å². The van der Waals surface area contributed by atoms with E-state index in [4.69, 9.17) is 44.3 Å². The Bertz CT molecular complexity index is 2440. The summed E-state index contributed by atoms with van der Waals surface area (Å²) in [5.74, 6) is -8.23. The quantitative estimate of drug-likeness (QED) is 0.139. The molecule has 58 heavy (non-hydrogen) atoms. The van der Waals surface area contributed by atoms with Crippen molar-refractivity contribution in [3.63, 3.8) is 0 Å². The number of carbonyl (C=O) groups excluding carboxylic acids is 4. The van der Waals surface area contributed by atoms with E-state index in [-0.39, 0.29) is 30.1 Å². The number of hydrogen-bond donors (Lipinski definition) is 2. The van der Waals surface area contributed by atoms with E-state index in [1.54, 1.807) is 49.4 Å². The van der Waals surface area contributed by atoms with Crippen molar-refractivity contribution < 1.29 is 46.9 Å². The Kier molecular flexibility index (Phi) is 9.68. The molecule has 6 unspecified atom stereocenters. The summed E-state index contributed by atoms with van der Waals surface area (Å²) in [6.07, 6.45) is -2.42. The highest BCUT2D eigenvalue weighted by Gasteiger charge is 2.70. The fraction of sp³-hybridized carbons (Fsp3) is 0.293. The first kappa shape index (κ1) is 39.5. The van der Waals surface area contributed by atoms with E-state index >= 15 is 4.79 Å². The van der Waals surface area contributed by atoms with Crippen molar-refractivity contribution in [1.29, 1.82) is 0 Å². The molecule has 0 bridgehead atoms. The standard InChI is InChI=1S/C41H32Cl3F3N4O7/c1-18-4-9-23(15-28(18)43)50-36(53)25-11-10-24-26(32(25)38(50)55)16-27-37(54)51(49-35-29(44)14-21(17-48-35)41(45,46)47)39(56)40(27,20-5-7-22(42)8-6-20)33(24)19-12-30(57-2)34(52)31(13-19)58-3/h4-10,12-15,17,25-27,32-33,52H,11,16H2,1-3H3,(H,48,49). The average molecular weight is 856 g/mol. The smallest absolute Gasteiger partial charge is 0.417 e. The van der Waals surface area contributed by atoms with E-state index in [9.17, 15) is 32.7 Å². The first-order valence-corrected chi connectivity index (χ1v) is 19.1. The second-order valence-electron chi connectivity index (χ2n) is 14.6. The van der Waals surface area contributed by atoms with Gasteiger partial charge in [0.1, 0.15) is 0 Å². The number of alkyl halides is 3. The summed E-state index contributed by atoms with van der Waals surface area (Å²) < 4.78 is 51.7. The molecule has 2 N–H and O–H groups in total. The Morgan fingerprint density at radius 2 is 1.55 bits per heavy atom. The Labute approximate surface area is 344 Å². The molecule has 4 aliphatic rings. The third-order valence-electron chi connectivity index (χ3n) is 11.8. The maximum Gasteiger partial charge on any atom is 0.417 e. The Morgan fingerprint density at radius 1 is 0.879 bits per heavy atom. The van der Waals surface area contributed by atoms with Crippen LogP contribution in [0.15, 0.2) is 78.5 Å². The second-order valence-corrected chi connectivity index (χ2v) is 15.9. The number of methoxy groups -OCH3 is 2. The summed E-state index contributed by atoms with van der Waals surface area (Å²) in [6, 6.07) is 14.9. The van der Waals surface area contributed by atoms with Crippen LogP contribution in [-0.2, 0) is 30.8 Å². The SMILES string of the molecule is COc1cc(C2C3=CCC4C(=O)N(c5ccc(C)c(Cl)c5)C(=O)C4C3CC3C(=O)N(Nc4ncc(C(F)(F)F)cc4Cl)C(=O)C32c2ccc(Cl)cc2)cc(OC)c1O. The van der Waals surface area contributed by atoms with Crippen molar-refractivity contribution in [3.8, 4) is 17.2 Å². The number of anilines is 2. The summed E-state index contributed by atoms with van der Waals surface area (Å²) in [5.41, 5.74) is 1.94. The Balaban J connectivity index is 1.34. The first-order valence-electron chi connectivity index (χ1n) is 18.0. The highest BCUT2D eigenvalue weighted by Crippen LogP contribution is 2.65. The van der Waals surface area contributed by atoms with Crippen LogP contribution in [-0.4, -0.2) is 52.9 Å². The van der Waals surface area contributed by atoms with Gasteiger partial charge in [-0.15, -0.1) is 0 Å². The van der Waals surface area contributed by atoms with Gasteiger partial charge in [0.15, 0.2) is 17.3 Å². The van der Waals surface area contributed by atoms with Crippen LogP contribution in [0.25, 0.3) is 0 Å². The van der Waals surface area contributed by atoms with Crippen LogP contribution in [0.4, 0.5) is 24.7 Å². The van der Waals surface area contributed by atoms with Crippen molar-refractivity contribution in [2.45, 2.75) is 37.3 Å². The minimum Gasteiger partial charge on any atom is -0.502 e. The summed E-state index contributed by atoms with van der Waals surface area (Å²) in [4.78, 5) is 64.1. The minimum absolute atomic E-state index is 0.0180. The summed E-state index contributed by atoms with van der Waals surface area (Å²) in [6.45, 7) is 1.79. The zero-order valence-corrected chi connectivity index (χ0v) is 33.0. The summed E-state index contributed by atoms with van der Waals surface area (Å²) >= 11 is 19.1. The second kappa shape index (κ2) is 14.2. The number of aromatic hydroxyl groups is 1. The molecule has 3 fully saturated rings. The van der Waals surface area contributed by atoms with Crippen LogP contribution in [0.2, 0.25) is 15.1 Å². The van der Waals surface area contributed by atoms with Crippen molar-refractivity contribution in [2.24, 2.45) is 23.7 Å². The van der Waals surface area contributed by atoms with E-state index < -0.39 is 81.2 Å². The predicted molar refractivity (Wildman–Crippen MR) is 207 cm³/mol. The lowest BCUT2D eigenvalue weighted by Crippen LogP contribution is -2.53. The predicted octanol–water partition coefficient (Wildman–Crippen LogP) is 8.28. The number of halogens is 6. The number of benzene rings is 3. The fourth-order valence-electron chi connectivity index (χ4n) is 9.21. The number of aromatic nitrogens is 1. The third kappa shape index (κ3) is 5.90. The largest absolute Gasteiger partial charge is 0.502 e. The number of ether oxygens (including phenoxy) is 2. The van der Waals surface area contributed by atoms with Gasteiger partial charge >= 0.3 is 6.18 Å². The normalized spacial score (nSPS) is 25.3. The molecule has 4 amide bonds. The van der Waals surface area contributed by atoms with Gasteiger partial charge in [-0.25, -0.2) is 9.88 Å². The number of imide groups is 2. The number of hydrogen-bond acceptors (Lipinski definition) is 9. The molecule has 1 aromatic heterocycles.